The quantitative estimate of drug-likeness (QED) is 0.583. The van der Waals surface area contributed by atoms with Crippen molar-refractivity contribution in [1.82, 2.24) is 0 Å². The predicted molar refractivity (Wildman–Crippen MR) is 58.6 cm³/mol. The molecule has 0 radical (unpaired) electrons. The zero-order valence-corrected chi connectivity index (χ0v) is 9.13. The van der Waals surface area contributed by atoms with E-state index >= 15 is 0 Å². The molecular formula is C6H8S4. The Bertz CT molecular complexity index is 194. The SMILES string of the molecule is CC1=C(C)SC(=C(S)S)S1. The number of hydrogen-bond donors (Lipinski definition) is 2. The van der Waals surface area contributed by atoms with E-state index < -0.39 is 0 Å². The minimum Gasteiger partial charge on any atom is -0.135 e. The summed E-state index contributed by atoms with van der Waals surface area (Å²) in [7, 11) is 0. The Morgan fingerprint density at radius 1 is 1.10 bits per heavy atom. The molecule has 0 spiro atoms. The van der Waals surface area contributed by atoms with Crippen LogP contribution in [0, 0.1) is 0 Å². The normalized spacial score (nSPS) is 18.6. The van der Waals surface area contributed by atoms with E-state index in [0.717, 1.165) is 4.24 Å². The van der Waals surface area contributed by atoms with E-state index in [1.54, 1.807) is 23.5 Å². The third-order valence-electron chi connectivity index (χ3n) is 1.17. The van der Waals surface area contributed by atoms with Gasteiger partial charge < -0.3 is 0 Å². The molecule has 0 aromatic rings. The van der Waals surface area contributed by atoms with Crippen molar-refractivity contribution in [1.29, 1.82) is 0 Å². The van der Waals surface area contributed by atoms with Gasteiger partial charge in [-0.1, -0.05) is 23.5 Å². The summed E-state index contributed by atoms with van der Waals surface area (Å²) in [5.41, 5.74) is 0. The van der Waals surface area contributed by atoms with Gasteiger partial charge in [-0.15, -0.1) is 25.3 Å². The fraction of sp³-hybridized carbons (Fsp3) is 0.333. The first-order chi connectivity index (χ1) is 4.61. The summed E-state index contributed by atoms with van der Waals surface area (Å²) in [6.45, 7) is 4.23. The number of thioether (sulfide) groups is 2. The highest BCUT2D eigenvalue weighted by atomic mass is 32.2. The Hall–Kier alpha value is 0.880. The first-order valence-corrected chi connectivity index (χ1v) is 5.29. The lowest BCUT2D eigenvalue weighted by Crippen LogP contribution is -1.59. The lowest BCUT2D eigenvalue weighted by atomic mass is 10.6. The van der Waals surface area contributed by atoms with E-state index in [2.05, 4.69) is 39.1 Å². The molecule has 4 heteroatoms. The molecule has 0 unspecified atom stereocenters. The van der Waals surface area contributed by atoms with Gasteiger partial charge in [0, 0.05) is 0 Å². The average molecular weight is 208 g/mol. The number of hydrogen-bond acceptors (Lipinski definition) is 4. The van der Waals surface area contributed by atoms with E-state index in [1.807, 2.05) is 0 Å². The fourth-order valence-electron chi connectivity index (χ4n) is 0.534. The molecule has 1 aliphatic rings. The number of allylic oxidation sites excluding steroid dienone is 2. The standard InChI is InChI=1S/C6H8S4/c1-3-4(2)10-6(9-3)5(7)8/h7-8H,1-2H3. The molecule has 1 heterocycles. The molecule has 1 aliphatic heterocycles. The lowest BCUT2D eigenvalue weighted by Gasteiger charge is -1.94. The Balaban J connectivity index is 2.78. The van der Waals surface area contributed by atoms with Crippen molar-refractivity contribution in [2.75, 3.05) is 0 Å². The van der Waals surface area contributed by atoms with Crippen molar-refractivity contribution >= 4 is 48.8 Å². The number of thiol groups is 2. The molecule has 10 heavy (non-hydrogen) atoms. The summed E-state index contributed by atoms with van der Waals surface area (Å²) < 4.78 is 2.02. The van der Waals surface area contributed by atoms with E-state index in [9.17, 15) is 0 Å². The van der Waals surface area contributed by atoms with E-state index in [-0.39, 0.29) is 0 Å². The summed E-state index contributed by atoms with van der Waals surface area (Å²) in [5, 5.41) is 0. The van der Waals surface area contributed by atoms with Crippen molar-refractivity contribution < 1.29 is 0 Å². The highest BCUT2D eigenvalue weighted by molar-refractivity contribution is 8.29. The zero-order valence-electron chi connectivity index (χ0n) is 5.71. The first-order valence-electron chi connectivity index (χ1n) is 2.76. The molecule has 0 saturated heterocycles. The maximum absolute atomic E-state index is 4.15. The highest BCUT2D eigenvalue weighted by Crippen LogP contribution is 2.50. The van der Waals surface area contributed by atoms with Gasteiger partial charge in [-0.05, 0) is 23.7 Å². The Morgan fingerprint density at radius 3 is 1.70 bits per heavy atom. The van der Waals surface area contributed by atoms with Gasteiger partial charge in [0.25, 0.3) is 0 Å². The van der Waals surface area contributed by atoms with Crippen molar-refractivity contribution in [3.05, 3.63) is 18.3 Å². The van der Waals surface area contributed by atoms with Crippen LogP contribution in [0.2, 0.25) is 0 Å². The van der Waals surface area contributed by atoms with Gasteiger partial charge in [-0.3, -0.25) is 0 Å². The predicted octanol–water partition coefficient (Wildman–Crippen LogP) is 3.70. The van der Waals surface area contributed by atoms with Crippen molar-refractivity contribution in [2.24, 2.45) is 0 Å². The molecule has 1 rings (SSSR count). The van der Waals surface area contributed by atoms with E-state index in [4.69, 9.17) is 0 Å². The molecule has 0 bridgehead atoms. The molecule has 56 valence electrons. The third kappa shape index (κ3) is 1.94. The number of rotatable bonds is 0. The van der Waals surface area contributed by atoms with Gasteiger partial charge in [0.05, 0.1) is 8.47 Å². The summed E-state index contributed by atoms with van der Waals surface area (Å²) >= 11 is 11.8. The molecule has 0 aliphatic carbocycles. The van der Waals surface area contributed by atoms with Gasteiger partial charge in [-0.25, -0.2) is 0 Å². The monoisotopic (exact) mass is 208 g/mol. The molecule has 0 fully saturated rings. The fourth-order valence-corrected chi connectivity index (χ4v) is 3.27. The first kappa shape index (κ1) is 8.97. The van der Waals surface area contributed by atoms with Crippen LogP contribution in [0.25, 0.3) is 0 Å². The van der Waals surface area contributed by atoms with Gasteiger partial charge in [0.15, 0.2) is 0 Å². The van der Waals surface area contributed by atoms with Crippen LogP contribution in [-0.4, -0.2) is 0 Å². The average Bonchev–Trinajstić information content (AvgIpc) is 2.13. The second-order valence-corrected chi connectivity index (χ2v) is 5.88. The van der Waals surface area contributed by atoms with Crippen LogP contribution >= 0.6 is 48.8 Å². The summed E-state index contributed by atoms with van der Waals surface area (Å²) in [6.07, 6.45) is 0. The van der Waals surface area contributed by atoms with Crippen LogP contribution in [0.1, 0.15) is 13.8 Å². The third-order valence-corrected chi connectivity index (χ3v) is 4.86. The minimum atomic E-state index is 0.825. The molecule has 0 aromatic carbocycles. The Morgan fingerprint density at radius 2 is 1.50 bits per heavy atom. The molecule has 0 nitrogen and oxygen atoms in total. The summed E-state index contributed by atoms with van der Waals surface area (Å²) in [4.78, 5) is 2.72. The van der Waals surface area contributed by atoms with Crippen LogP contribution in [-0.2, 0) is 0 Å². The molecule has 0 aromatic heterocycles. The van der Waals surface area contributed by atoms with Gasteiger partial charge in [-0.2, -0.15) is 0 Å². The Labute approximate surface area is 80.7 Å². The summed E-state index contributed by atoms with van der Waals surface area (Å²) in [5.74, 6) is 0. The van der Waals surface area contributed by atoms with Crippen molar-refractivity contribution in [3.8, 4) is 0 Å². The van der Waals surface area contributed by atoms with Gasteiger partial charge in [0.2, 0.25) is 0 Å². The van der Waals surface area contributed by atoms with Gasteiger partial charge in [0.1, 0.15) is 0 Å². The lowest BCUT2D eigenvalue weighted by molar-refractivity contribution is 1.57. The summed E-state index contributed by atoms with van der Waals surface area (Å²) in [6, 6.07) is 0. The maximum atomic E-state index is 4.15. The van der Waals surface area contributed by atoms with Crippen LogP contribution in [0.15, 0.2) is 18.3 Å². The van der Waals surface area contributed by atoms with Crippen molar-refractivity contribution in [3.63, 3.8) is 0 Å². The van der Waals surface area contributed by atoms with Crippen LogP contribution in [0.4, 0.5) is 0 Å². The molecular weight excluding hydrogens is 200 g/mol. The van der Waals surface area contributed by atoms with Crippen molar-refractivity contribution in [2.45, 2.75) is 13.8 Å². The van der Waals surface area contributed by atoms with Crippen LogP contribution in [0.5, 0.6) is 0 Å². The molecule has 0 amide bonds. The van der Waals surface area contributed by atoms with Crippen LogP contribution in [0.3, 0.4) is 0 Å². The second kappa shape index (κ2) is 3.52. The van der Waals surface area contributed by atoms with Crippen LogP contribution < -0.4 is 0 Å². The van der Waals surface area contributed by atoms with E-state index in [0.29, 0.717) is 0 Å². The smallest absolute Gasteiger partial charge is 0.0687 e. The van der Waals surface area contributed by atoms with E-state index in [1.165, 1.54) is 14.0 Å². The van der Waals surface area contributed by atoms with Gasteiger partial charge >= 0.3 is 0 Å². The topological polar surface area (TPSA) is 0 Å². The Kier molecular flexibility index (Phi) is 3.16. The zero-order chi connectivity index (χ0) is 7.72. The second-order valence-electron chi connectivity index (χ2n) is 1.93. The molecule has 0 N–H and O–H groups in total. The molecule has 0 saturated carbocycles. The molecule has 0 atom stereocenters. The highest BCUT2D eigenvalue weighted by Gasteiger charge is 2.15. The maximum Gasteiger partial charge on any atom is 0.0687 e. The minimum absolute atomic E-state index is 0.825. The largest absolute Gasteiger partial charge is 0.135 e.